The molecule has 0 radical (unpaired) electrons. The van der Waals surface area contributed by atoms with E-state index in [2.05, 4.69) is 30.2 Å². The van der Waals surface area contributed by atoms with Crippen LogP contribution in [0.4, 0.5) is 0 Å². The molecule has 0 spiro atoms. The minimum atomic E-state index is 0.757. The van der Waals surface area contributed by atoms with Crippen LogP contribution in [0.15, 0.2) is 34.8 Å². The van der Waals surface area contributed by atoms with Crippen LogP contribution in [0, 0.1) is 0 Å². The van der Waals surface area contributed by atoms with Gasteiger partial charge in [-0.05, 0) is 0 Å². The van der Waals surface area contributed by atoms with Crippen molar-refractivity contribution < 1.29 is 22.9 Å². The summed E-state index contributed by atoms with van der Waals surface area (Å²) in [5, 5.41) is 0. The molecule has 0 bridgehead atoms. The molecule has 2 N–H and O–H groups in total. The molecule has 0 aromatic carbocycles. The van der Waals surface area contributed by atoms with E-state index < -0.39 is 0 Å². The maximum absolute atomic E-state index is 4.67. The predicted octanol–water partition coefficient (Wildman–Crippen LogP) is -0.595. The third-order valence-electron chi connectivity index (χ3n) is 1.40. The van der Waals surface area contributed by atoms with Crippen LogP contribution in [0.3, 0.4) is 0 Å². The Morgan fingerprint density at radius 3 is 1.33 bits per heavy atom. The van der Waals surface area contributed by atoms with Crippen LogP contribution in [-0.4, -0.2) is 26.8 Å². The van der Waals surface area contributed by atoms with Crippen LogP contribution < -0.4 is 9.80 Å². The van der Waals surface area contributed by atoms with E-state index in [9.17, 15) is 0 Å². The Hall–Kier alpha value is -0.161. The van der Waals surface area contributed by atoms with Crippen molar-refractivity contribution in [2.45, 2.75) is 0 Å². The molecular weight excluding hydrogens is 287 g/mol. The first-order valence-electron chi connectivity index (χ1n) is 4.08. The van der Waals surface area contributed by atoms with Crippen LogP contribution in [-0.2, 0) is 13.1 Å². The van der Waals surface area contributed by atoms with Gasteiger partial charge in [0.05, 0.1) is 26.5 Å². The third-order valence-corrected chi connectivity index (χ3v) is 1.40. The zero-order chi connectivity index (χ0) is 11.5. The molecule has 2 aliphatic rings. The van der Waals surface area contributed by atoms with Crippen molar-refractivity contribution in [3.8, 4) is 0 Å². The van der Waals surface area contributed by atoms with Crippen molar-refractivity contribution in [2.24, 2.45) is 9.98 Å². The molecule has 91 valence electrons. The quantitative estimate of drug-likeness (QED) is 0.561. The second kappa shape index (κ2) is 10.4. The molecule has 4 nitrogen and oxygen atoms in total. The fourth-order valence-corrected chi connectivity index (χ4v) is 0.728. The number of aliphatic imine (C=N–C) groups is 2. The molecule has 0 saturated carbocycles. The van der Waals surface area contributed by atoms with Crippen molar-refractivity contribution in [1.82, 2.24) is 0 Å². The summed E-state index contributed by atoms with van der Waals surface area (Å²) in [7, 11) is 13.4. The molecule has 7 heteroatoms. The molecule has 0 aliphatic carbocycles. The summed E-state index contributed by atoms with van der Waals surface area (Å²) < 4.78 is 0. The van der Waals surface area contributed by atoms with Gasteiger partial charge in [0.25, 0.3) is 0 Å². The Kier molecular flexibility index (Phi) is 10.2. The van der Waals surface area contributed by atoms with E-state index in [1.54, 1.807) is 12.4 Å². The van der Waals surface area contributed by atoms with Crippen LogP contribution >= 0.6 is 20.2 Å². The van der Waals surface area contributed by atoms with Gasteiger partial charge >= 0.3 is 33.3 Å². The molecule has 2 unspecified atom stereocenters. The molecule has 0 fully saturated rings. The maximum atomic E-state index is 4.67. The van der Waals surface area contributed by atoms with Crippen molar-refractivity contribution in [3.63, 3.8) is 0 Å². The van der Waals surface area contributed by atoms with Gasteiger partial charge in [-0.1, -0.05) is 0 Å². The Morgan fingerprint density at radius 1 is 0.933 bits per heavy atom. The van der Waals surface area contributed by atoms with Gasteiger partial charge in [-0.3, -0.25) is 9.80 Å². The van der Waals surface area contributed by atoms with Crippen LogP contribution in [0.2, 0.25) is 0 Å². The van der Waals surface area contributed by atoms with Crippen LogP contribution in [0.1, 0.15) is 0 Å². The van der Waals surface area contributed by atoms with Crippen molar-refractivity contribution in [1.29, 1.82) is 0 Å². The second-order valence-electron chi connectivity index (χ2n) is 2.72. The first kappa shape index (κ1) is 14.8. The average molecular weight is 301 g/mol. The number of rotatable bonds is 0. The first-order chi connectivity index (χ1) is 7.20. The summed E-state index contributed by atoms with van der Waals surface area (Å²) in [6.45, 7) is 0. The number of hydrogen-bond acceptors (Lipinski definition) is 2. The standard InChI is InChI=1S/2C4H6N2.2ClH.Cu/c2*1-6-3-2-5-4-6;;;/h2*2-4H,1H3;2*1H;. The van der Waals surface area contributed by atoms with E-state index in [0.717, 1.165) is 13.1 Å². The second-order valence-corrected chi connectivity index (χ2v) is 4.27. The molecule has 0 aromatic heterocycles. The number of nitrogens with zero attached hydrogens (tertiary/aromatic N) is 2. The molecule has 0 aromatic rings. The third kappa shape index (κ3) is 10.1. The fourth-order valence-electron chi connectivity index (χ4n) is 0.728. The van der Waals surface area contributed by atoms with Crippen LogP contribution in [0.25, 0.3) is 0 Å². The Morgan fingerprint density at radius 2 is 1.27 bits per heavy atom. The Labute approximate surface area is 105 Å². The van der Waals surface area contributed by atoms with Crippen molar-refractivity contribution >= 4 is 32.9 Å². The summed E-state index contributed by atoms with van der Waals surface area (Å²) in [4.78, 5) is 10.1. The van der Waals surface area contributed by atoms with E-state index in [4.69, 9.17) is 0 Å². The van der Waals surface area contributed by atoms with Gasteiger partial charge in [0.1, 0.15) is 12.4 Å². The van der Waals surface area contributed by atoms with E-state index in [1.165, 1.54) is 9.80 Å². The van der Waals surface area contributed by atoms with Crippen molar-refractivity contribution in [2.75, 3.05) is 14.1 Å². The fraction of sp³-hybridized carbons (Fsp3) is 0.250. The summed E-state index contributed by atoms with van der Waals surface area (Å²) in [6, 6.07) is 0. The molecule has 15 heavy (non-hydrogen) atoms. The van der Waals surface area contributed by atoms with E-state index >= 15 is 0 Å². The summed E-state index contributed by atoms with van der Waals surface area (Å²) >= 11 is 0.757. The first-order valence-corrected chi connectivity index (χ1v) is 6.67. The summed E-state index contributed by atoms with van der Waals surface area (Å²) in [5.41, 5.74) is 0. The van der Waals surface area contributed by atoms with Gasteiger partial charge in [0.15, 0.2) is 12.7 Å². The molecule has 0 amide bonds. The van der Waals surface area contributed by atoms with E-state index in [-0.39, 0.29) is 0 Å². The Bertz CT molecular complexity index is 215. The number of nitrogens with one attached hydrogen (secondary N) is 2. The average Bonchev–Trinajstić information content (AvgIpc) is 2.81. The molecule has 2 rings (SSSR count). The van der Waals surface area contributed by atoms with Gasteiger partial charge in [-0.2, -0.15) is 0 Å². The van der Waals surface area contributed by atoms with E-state index in [0.29, 0.717) is 0 Å². The van der Waals surface area contributed by atoms with E-state index in [1.807, 2.05) is 39.2 Å². The topological polar surface area (TPSA) is 33.6 Å². The van der Waals surface area contributed by atoms with Gasteiger partial charge in [0.2, 0.25) is 0 Å². The predicted molar refractivity (Wildman–Crippen MR) is 60.7 cm³/mol. The molecule has 0 saturated heterocycles. The molecule has 2 aliphatic heterocycles. The number of hydrogen-bond donors (Lipinski definition) is 2. The van der Waals surface area contributed by atoms with Gasteiger partial charge in [0, 0.05) is 0 Å². The molecule has 2 atom stereocenters. The summed E-state index contributed by atoms with van der Waals surface area (Å²) in [5.74, 6) is 0. The van der Waals surface area contributed by atoms with Gasteiger partial charge in [-0.25, -0.2) is 9.98 Å². The SMILES string of the molecule is C[NH+]1C=CN=C1.C[NH+]1C=CN=C1.[Cl][Cu-2][Cl]. The zero-order valence-electron chi connectivity index (χ0n) is 8.42. The molecule has 2 heterocycles. The van der Waals surface area contributed by atoms with Crippen LogP contribution in [0.5, 0.6) is 0 Å². The molecular formula is C8H14Cl2CuN4. The normalized spacial score (nSPS) is 24.8. The Balaban J connectivity index is 0.000000210. The van der Waals surface area contributed by atoms with Gasteiger partial charge in [-0.15, -0.1) is 0 Å². The van der Waals surface area contributed by atoms with Crippen molar-refractivity contribution in [3.05, 3.63) is 24.8 Å². The minimum absolute atomic E-state index is 0.757. The zero-order valence-corrected chi connectivity index (χ0v) is 10.9. The monoisotopic (exact) mass is 299 g/mol. The van der Waals surface area contributed by atoms with Gasteiger partial charge < -0.3 is 0 Å². The number of quaternary nitrogens is 2. The summed E-state index contributed by atoms with van der Waals surface area (Å²) in [6.07, 6.45) is 11.2. The number of halogens is 2.